The molecule has 2 N–H and O–H groups in total. The first-order chi connectivity index (χ1) is 13.2. The molecule has 0 spiro atoms. The second-order valence-corrected chi connectivity index (χ2v) is 10.8. The van der Waals surface area contributed by atoms with E-state index in [1.54, 1.807) is 5.57 Å². The standard InChI is InChI=1S/C24H38O4/c1-14(4-9-22(27)28)18-7-8-19-17-6-5-15-12-16(25)10-11-23(15,2)20(17)13-21(26)24(18,19)3/h14-16,18,20-21,25-26H,4-13H2,1-3H3,(H,27,28)/p-1/t14-,15+,16+,18+,20-,21-,23-,24+/m0/s1. The molecule has 8 atom stereocenters. The van der Waals surface area contributed by atoms with E-state index in [0.29, 0.717) is 24.2 Å². The predicted molar refractivity (Wildman–Crippen MR) is 106 cm³/mol. The van der Waals surface area contributed by atoms with Crippen molar-refractivity contribution in [2.45, 2.75) is 97.2 Å². The van der Waals surface area contributed by atoms with E-state index in [1.807, 2.05) is 0 Å². The van der Waals surface area contributed by atoms with E-state index in [4.69, 9.17) is 0 Å². The number of allylic oxidation sites excluding steroid dienone is 1. The largest absolute Gasteiger partial charge is 0.550 e. The lowest BCUT2D eigenvalue weighted by Crippen LogP contribution is -2.52. The van der Waals surface area contributed by atoms with Gasteiger partial charge < -0.3 is 20.1 Å². The van der Waals surface area contributed by atoms with Crippen molar-refractivity contribution in [3.8, 4) is 0 Å². The number of carbonyl (C=O) groups excluding carboxylic acids is 1. The fourth-order valence-electron chi connectivity index (χ4n) is 7.92. The van der Waals surface area contributed by atoms with E-state index in [1.165, 1.54) is 12.0 Å². The maximum Gasteiger partial charge on any atom is 0.0639 e. The van der Waals surface area contributed by atoms with Crippen molar-refractivity contribution < 1.29 is 20.1 Å². The van der Waals surface area contributed by atoms with E-state index in [-0.39, 0.29) is 35.4 Å². The van der Waals surface area contributed by atoms with Crippen LogP contribution in [0.25, 0.3) is 0 Å². The van der Waals surface area contributed by atoms with Crippen LogP contribution in [0, 0.1) is 34.5 Å². The quantitative estimate of drug-likeness (QED) is 0.724. The van der Waals surface area contributed by atoms with Crippen molar-refractivity contribution in [2.75, 3.05) is 0 Å². The molecule has 3 fully saturated rings. The summed E-state index contributed by atoms with van der Waals surface area (Å²) in [6.45, 7) is 6.83. The summed E-state index contributed by atoms with van der Waals surface area (Å²) < 4.78 is 0. The Hall–Kier alpha value is -0.870. The highest BCUT2D eigenvalue weighted by molar-refractivity contribution is 5.64. The summed E-state index contributed by atoms with van der Waals surface area (Å²) >= 11 is 0. The Kier molecular flexibility index (Phi) is 5.19. The number of aliphatic hydroxyl groups is 2. The molecule has 0 saturated heterocycles. The van der Waals surface area contributed by atoms with Crippen LogP contribution in [0.5, 0.6) is 0 Å². The average Bonchev–Trinajstić information content (AvgIpc) is 3.00. The van der Waals surface area contributed by atoms with Crippen LogP contribution in [0.4, 0.5) is 0 Å². The molecule has 0 heterocycles. The third-order valence-corrected chi connectivity index (χ3v) is 9.64. The number of carboxylic acids is 1. The number of fused-ring (bicyclic) bond motifs is 4. The van der Waals surface area contributed by atoms with Gasteiger partial charge in [0.05, 0.1) is 12.2 Å². The fourth-order valence-corrected chi connectivity index (χ4v) is 7.92. The van der Waals surface area contributed by atoms with Gasteiger partial charge >= 0.3 is 0 Å². The number of hydrogen-bond donors (Lipinski definition) is 2. The van der Waals surface area contributed by atoms with Crippen molar-refractivity contribution in [3.63, 3.8) is 0 Å². The molecule has 4 aliphatic carbocycles. The normalized spacial score (nSPS) is 46.5. The maximum absolute atomic E-state index is 11.4. The van der Waals surface area contributed by atoms with E-state index in [0.717, 1.165) is 44.9 Å². The van der Waals surface area contributed by atoms with E-state index in [2.05, 4.69) is 20.8 Å². The number of hydrogen-bond acceptors (Lipinski definition) is 4. The van der Waals surface area contributed by atoms with Crippen LogP contribution in [-0.2, 0) is 4.79 Å². The van der Waals surface area contributed by atoms with Crippen LogP contribution in [0.1, 0.15) is 85.0 Å². The Labute approximate surface area is 169 Å². The Morgan fingerprint density at radius 1 is 1.18 bits per heavy atom. The summed E-state index contributed by atoms with van der Waals surface area (Å²) in [7, 11) is 0. The molecule has 3 saturated carbocycles. The molecule has 0 amide bonds. The number of rotatable bonds is 4. The minimum Gasteiger partial charge on any atom is -0.550 e. The molecule has 0 aliphatic heterocycles. The molecule has 4 nitrogen and oxygen atoms in total. The minimum atomic E-state index is -0.969. The number of carboxylic acid groups (broad SMARTS) is 1. The molecule has 0 bridgehead atoms. The van der Waals surface area contributed by atoms with Crippen molar-refractivity contribution in [1.82, 2.24) is 0 Å². The lowest BCUT2D eigenvalue weighted by molar-refractivity contribution is -0.306. The van der Waals surface area contributed by atoms with E-state index >= 15 is 0 Å². The summed E-state index contributed by atoms with van der Waals surface area (Å²) in [5.74, 6) is 0.687. The van der Waals surface area contributed by atoms with Crippen LogP contribution >= 0.6 is 0 Å². The van der Waals surface area contributed by atoms with Gasteiger partial charge in [-0.05, 0) is 93.3 Å². The van der Waals surface area contributed by atoms with Gasteiger partial charge in [-0.3, -0.25) is 0 Å². The van der Waals surface area contributed by atoms with Gasteiger partial charge in [0.1, 0.15) is 0 Å². The molecule has 0 radical (unpaired) electrons. The molecule has 28 heavy (non-hydrogen) atoms. The van der Waals surface area contributed by atoms with Gasteiger partial charge in [0.2, 0.25) is 0 Å². The average molecular weight is 390 g/mol. The lowest BCUT2D eigenvalue weighted by Gasteiger charge is -2.58. The third kappa shape index (κ3) is 2.98. The molecule has 0 aromatic heterocycles. The third-order valence-electron chi connectivity index (χ3n) is 9.64. The summed E-state index contributed by atoms with van der Waals surface area (Å²) in [6.07, 6.45) is 8.37. The highest BCUT2D eigenvalue weighted by atomic mass is 16.4. The summed E-state index contributed by atoms with van der Waals surface area (Å²) in [6, 6.07) is 0. The Morgan fingerprint density at radius 2 is 1.93 bits per heavy atom. The van der Waals surface area contributed by atoms with Crippen molar-refractivity contribution >= 4 is 5.97 Å². The Bertz CT molecular complexity index is 670. The molecule has 0 aromatic rings. The molecular formula is C24H37O4-. The lowest BCUT2D eigenvalue weighted by atomic mass is 9.48. The van der Waals surface area contributed by atoms with E-state index < -0.39 is 5.97 Å². The Morgan fingerprint density at radius 3 is 2.64 bits per heavy atom. The first-order valence-corrected chi connectivity index (χ1v) is 11.5. The monoisotopic (exact) mass is 389 g/mol. The zero-order valence-electron chi connectivity index (χ0n) is 17.7. The van der Waals surface area contributed by atoms with E-state index in [9.17, 15) is 20.1 Å². The minimum absolute atomic E-state index is 0.112. The van der Waals surface area contributed by atoms with Crippen LogP contribution in [-0.4, -0.2) is 28.4 Å². The van der Waals surface area contributed by atoms with Gasteiger partial charge in [-0.2, -0.15) is 0 Å². The molecular weight excluding hydrogens is 352 g/mol. The van der Waals surface area contributed by atoms with Gasteiger partial charge in [0.25, 0.3) is 0 Å². The molecule has 4 rings (SSSR count). The predicted octanol–water partition coefficient (Wildman–Crippen LogP) is 3.21. The second-order valence-electron chi connectivity index (χ2n) is 10.8. The first kappa shape index (κ1) is 20.4. The van der Waals surface area contributed by atoms with Gasteiger partial charge in [-0.25, -0.2) is 0 Å². The van der Waals surface area contributed by atoms with Gasteiger partial charge in [0.15, 0.2) is 0 Å². The first-order valence-electron chi connectivity index (χ1n) is 11.5. The van der Waals surface area contributed by atoms with Crippen molar-refractivity contribution in [1.29, 1.82) is 0 Å². The highest BCUT2D eigenvalue weighted by Gasteiger charge is 2.58. The van der Waals surface area contributed by atoms with Crippen LogP contribution in [0.3, 0.4) is 0 Å². The van der Waals surface area contributed by atoms with Crippen LogP contribution in [0.15, 0.2) is 11.1 Å². The number of carbonyl (C=O) groups is 1. The Balaban J connectivity index is 1.64. The van der Waals surface area contributed by atoms with Crippen molar-refractivity contribution in [2.24, 2.45) is 34.5 Å². The summed E-state index contributed by atoms with van der Waals surface area (Å²) in [5, 5.41) is 32.5. The summed E-state index contributed by atoms with van der Waals surface area (Å²) in [5.41, 5.74) is 3.14. The highest BCUT2D eigenvalue weighted by Crippen LogP contribution is 2.65. The fraction of sp³-hybridized carbons (Fsp3) is 0.875. The molecule has 4 heteroatoms. The van der Waals surface area contributed by atoms with Crippen molar-refractivity contribution in [3.05, 3.63) is 11.1 Å². The number of aliphatic hydroxyl groups excluding tert-OH is 2. The smallest absolute Gasteiger partial charge is 0.0639 e. The SMILES string of the molecule is C[C@@H](CCC(=O)[O-])[C@H]1CCC2=C3CC[C@@H]4C[C@H](O)CC[C@]4(C)[C@H]3C[C@H](O)[C@@]21C. The molecule has 0 aromatic carbocycles. The van der Waals surface area contributed by atoms with Crippen LogP contribution in [0.2, 0.25) is 0 Å². The van der Waals surface area contributed by atoms with Gasteiger partial charge in [-0.15, -0.1) is 0 Å². The zero-order chi connectivity index (χ0) is 20.3. The maximum atomic E-state index is 11.4. The summed E-state index contributed by atoms with van der Waals surface area (Å²) in [4.78, 5) is 10.9. The molecule has 0 unspecified atom stereocenters. The van der Waals surface area contributed by atoms with Gasteiger partial charge in [-0.1, -0.05) is 31.9 Å². The molecule has 4 aliphatic rings. The molecule has 158 valence electrons. The zero-order valence-corrected chi connectivity index (χ0v) is 17.7. The van der Waals surface area contributed by atoms with Gasteiger partial charge in [0, 0.05) is 11.4 Å². The van der Waals surface area contributed by atoms with Crippen LogP contribution < -0.4 is 5.11 Å². The second kappa shape index (κ2) is 7.12. The number of aliphatic carboxylic acids is 1. The topological polar surface area (TPSA) is 80.6 Å².